The second kappa shape index (κ2) is 10.5. The van der Waals surface area contributed by atoms with Gasteiger partial charge in [-0.05, 0) is 39.6 Å². The van der Waals surface area contributed by atoms with Crippen molar-refractivity contribution in [2.24, 2.45) is 17.8 Å². The first-order chi connectivity index (χ1) is 7.09. The quantitative estimate of drug-likeness (QED) is 0.415. The van der Waals surface area contributed by atoms with Gasteiger partial charge in [-0.15, -0.1) is 0 Å². The van der Waals surface area contributed by atoms with Crippen LogP contribution in [0.5, 0.6) is 0 Å². The highest BCUT2D eigenvalue weighted by atomic mass is 33.5. The van der Waals surface area contributed by atoms with Crippen LogP contribution in [0.1, 0.15) is 27.7 Å². The maximum absolute atomic E-state index is 2.39. The van der Waals surface area contributed by atoms with Crippen molar-refractivity contribution in [2.45, 2.75) is 27.7 Å². The van der Waals surface area contributed by atoms with Gasteiger partial charge in [0.05, 0.1) is 0 Å². The van der Waals surface area contributed by atoms with E-state index in [0.29, 0.717) is 0 Å². The minimum atomic E-state index is 0.821. The molecule has 0 radical (unpaired) electrons. The molecule has 15 heavy (non-hydrogen) atoms. The summed E-state index contributed by atoms with van der Waals surface area (Å²) < 4.78 is 0. The Morgan fingerprint density at radius 1 is 1.00 bits per heavy atom. The molecule has 0 fully saturated rings. The summed E-state index contributed by atoms with van der Waals surface area (Å²) in [6.07, 6.45) is 2.14. The van der Waals surface area contributed by atoms with Crippen LogP contribution < -0.4 is 0 Å². The maximum Gasteiger partial charge on any atom is 0.0136 e. The van der Waals surface area contributed by atoms with Gasteiger partial charge in [-0.25, -0.2) is 0 Å². The molecular formula is C11H24S4. The van der Waals surface area contributed by atoms with Gasteiger partial charge in [0.1, 0.15) is 0 Å². The number of thioether (sulfide) groups is 1. The maximum atomic E-state index is 2.39. The Hall–Kier alpha value is 1.40. The highest BCUT2D eigenvalue weighted by Gasteiger charge is 2.15. The van der Waals surface area contributed by atoms with E-state index in [1.54, 1.807) is 0 Å². The van der Waals surface area contributed by atoms with Crippen molar-refractivity contribution >= 4 is 43.2 Å². The van der Waals surface area contributed by atoms with Crippen LogP contribution in [0.3, 0.4) is 0 Å². The molecule has 0 aromatic heterocycles. The first kappa shape index (κ1) is 16.4. The molecule has 92 valence electrons. The van der Waals surface area contributed by atoms with Gasteiger partial charge in [0.15, 0.2) is 0 Å². The fourth-order valence-electron chi connectivity index (χ4n) is 1.25. The summed E-state index contributed by atoms with van der Waals surface area (Å²) in [5, 5.41) is 0. The van der Waals surface area contributed by atoms with E-state index in [1.165, 1.54) is 17.3 Å². The molecular weight excluding hydrogens is 260 g/mol. The van der Waals surface area contributed by atoms with E-state index in [4.69, 9.17) is 0 Å². The van der Waals surface area contributed by atoms with Crippen LogP contribution in [-0.2, 0) is 0 Å². The van der Waals surface area contributed by atoms with Crippen molar-refractivity contribution in [3.63, 3.8) is 0 Å². The van der Waals surface area contributed by atoms with Gasteiger partial charge >= 0.3 is 0 Å². The average molecular weight is 285 g/mol. The van der Waals surface area contributed by atoms with E-state index in [9.17, 15) is 0 Å². The first-order valence-corrected chi connectivity index (χ1v) is 10.7. The number of hydrogen-bond donors (Lipinski definition) is 0. The van der Waals surface area contributed by atoms with Crippen LogP contribution in [0.15, 0.2) is 0 Å². The van der Waals surface area contributed by atoms with Crippen molar-refractivity contribution in [1.82, 2.24) is 0 Å². The topological polar surface area (TPSA) is 0 Å². The summed E-state index contributed by atoms with van der Waals surface area (Å²) in [5.74, 6) is 6.43. The SMILES string of the molecule is CSSSCCSCC(C)C(C)C(C)C. The van der Waals surface area contributed by atoms with E-state index in [-0.39, 0.29) is 0 Å². The van der Waals surface area contributed by atoms with Gasteiger partial charge in [-0.2, -0.15) is 11.8 Å². The summed E-state index contributed by atoms with van der Waals surface area (Å²) in [6, 6.07) is 0. The zero-order valence-corrected chi connectivity index (χ0v) is 13.8. The smallest absolute Gasteiger partial charge is 0.0136 e. The first-order valence-electron chi connectivity index (χ1n) is 5.49. The van der Waals surface area contributed by atoms with Gasteiger partial charge in [0.2, 0.25) is 0 Å². The Morgan fingerprint density at radius 3 is 2.20 bits per heavy atom. The molecule has 0 nitrogen and oxygen atoms in total. The summed E-state index contributed by atoms with van der Waals surface area (Å²) in [7, 11) is 5.72. The average Bonchev–Trinajstić information content (AvgIpc) is 2.21. The lowest BCUT2D eigenvalue weighted by Gasteiger charge is -2.22. The Bertz CT molecular complexity index is 139. The molecule has 0 aliphatic rings. The highest BCUT2D eigenvalue weighted by molar-refractivity contribution is 9.09. The summed E-state index contributed by atoms with van der Waals surface area (Å²) in [4.78, 5) is 0. The van der Waals surface area contributed by atoms with Crippen molar-refractivity contribution in [1.29, 1.82) is 0 Å². The minimum absolute atomic E-state index is 0.821. The molecule has 0 aliphatic heterocycles. The van der Waals surface area contributed by atoms with Gasteiger partial charge < -0.3 is 0 Å². The van der Waals surface area contributed by atoms with Gasteiger partial charge in [0.25, 0.3) is 0 Å². The number of hydrogen-bond acceptors (Lipinski definition) is 4. The normalized spacial score (nSPS) is 15.6. The lowest BCUT2D eigenvalue weighted by Crippen LogP contribution is -2.16. The molecule has 0 bridgehead atoms. The molecule has 0 amide bonds. The molecule has 2 atom stereocenters. The Balaban J connectivity index is 3.34. The van der Waals surface area contributed by atoms with Crippen LogP contribution in [0, 0.1) is 17.8 Å². The summed E-state index contributed by atoms with van der Waals surface area (Å²) in [5.41, 5.74) is 0. The van der Waals surface area contributed by atoms with Crippen molar-refractivity contribution in [3.8, 4) is 0 Å². The fraction of sp³-hybridized carbons (Fsp3) is 1.00. The van der Waals surface area contributed by atoms with Crippen molar-refractivity contribution in [2.75, 3.05) is 23.5 Å². The lowest BCUT2D eigenvalue weighted by molar-refractivity contribution is 0.321. The Kier molecular flexibility index (Phi) is 11.5. The van der Waals surface area contributed by atoms with E-state index in [0.717, 1.165) is 17.8 Å². The van der Waals surface area contributed by atoms with Crippen LogP contribution >= 0.6 is 43.2 Å². The summed E-state index contributed by atoms with van der Waals surface area (Å²) >= 11 is 2.11. The monoisotopic (exact) mass is 284 g/mol. The Morgan fingerprint density at radius 2 is 1.67 bits per heavy atom. The molecule has 0 spiro atoms. The van der Waals surface area contributed by atoms with E-state index < -0.39 is 0 Å². The van der Waals surface area contributed by atoms with Gasteiger partial charge in [0, 0.05) is 11.5 Å². The standard InChI is InChI=1S/C11H24S4/c1-9(2)11(4)10(3)8-13-6-7-14-15-12-5/h9-11H,6-8H2,1-5H3. The van der Waals surface area contributed by atoms with Crippen LogP contribution in [0.4, 0.5) is 0 Å². The third kappa shape index (κ3) is 9.13. The molecule has 0 aromatic carbocycles. The second-order valence-electron chi connectivity index (χ2n) is 4.21. The molecule has 2 unspecified atom stereocenters. The molecule has 0 saturated carbocycles. The lowest BCUT2D eigenvalue weighted by atomic mass is 9.87. The summed E-state index contributed by atoms with van der Waals surface area (Å²) in [6.45, 7) is 9.43. The zero-order chi connectivity index (χ0) is 11.7. The highest BCUT2D eigenvalue weighted by Crippen LogP contribution is 2.32. The van der Waals surface area contributed by atoms with Crippen LogP contribution in [-0.4, -0.2) is 23.5 Å². The minimum Gasteiger partial charge on any atom is -0.161 e. The molecule has 0 N–H and O–H groups in total. The van der Waals surface area contributed by atoms with Gasteiger partial charge in [-0.3, -0.25) is 0 Å². The molecule has 0 heterocycles. The van der Waals surface area contributed by atoms with Crippen molar-refractivity contribution < 1.29 is 0 Å². The predicted molar refractivity (Wildman–Crippen MR) is 84.1 cm³/mol. The molecule has 0 aromatic rings. The second-order valence-corrected chi connectivity index (χ2v) is 9.82. The molecule has 0 rings (SSSR count). The fourth-order valence-corrected chi connectivity index (χ4v) is 5.59. The third-order valence-corrected chi connectivity index (χ3v) is 8.16. The Labute approximate surface area is 112 Å². The molecule has 0 aliphatic carbocycles. The van der Waals surface area contributed by atoms with Crippen molar-refractivity contribution in [3.05, 3.63) is 0 Å². The largest absolute Gasteiger partial charge is 0.161 e. The molecule has 0 saturated heterocycles. The van der Waals surface area contributed by atoms with Crippen LogP contribution in [0.25, 0.3) is 0 Å². The predicted octanol–water partition coefficient (Wildman–Crippen LogP) is 5.31. The number of rotatable bonds is 9. The van der Waals surface area contributed by atoms with E-state index in [2.05, 4.69) is 45.7 Å². The molecule has 4 heteroatoms. The van der Waals surface area contributed by atoms with Gasteiger partial charge in [-0.1, -0.05) is 49.3 Å². The zero-order valence-electron chi connectivity index (χ0n) is 10.5. The third-order valence-electron chi connectivity index (χ3n) is 2.76. The van der Waals surface area contributed by atoms with Crippen LogP contribution in [0.2, 0.25) is 0 Å². The van der Waals surface area contributed by atoms with E-state index >= 15 is 0 Å². The van der Waals surface area contributed by atoms with E-state index in [1.807, 2.05) is 31.4 Å².